The van der Waals surface area contributed by atoms with E-state index in [0.29, 0.717) is 36.3 Å². The zero-order chi connectivity index (χ0) is 21.2. The summed E-state index contributed by atoms with van der Waals surface area (Å²) in [5.41, 5.74) is 1.24. The van der Waals surface area contributed by atoms with E-state index in [9.17, 15) is 9.59 Å². The van der Waals surface area contributed by atoms with Gasteiger partial charge in [-0.05, 0) is 24.3 Å². The molecule has 0 aliphatic heterocycles. The number of hydrogen-bond acceptors (Lipinski definition) is 7. The molecule has 0 spiro atoms. The first-order chi connectivity index (χ1) is 14.7. The van der Waals surface area contributed by atoms with E-state index in [4.69, 9.17) is 9.15 Å². The number of hydrogen-bond donors (Lipinski definition) is 2. The molecule has 3 rings (SSSR count). The van der Waals surface area contributed by atoms with Crippen molar-refractivity contribution in [2.45, 2.75) is 13.0 Å². The lowest BCUT2D eigenvalue weighted by Gasteiger charge is -2.21. The standard InChI is InChI=1S/C21H24N4O4S/c1-28-13-11-25(10-9-19(26)22-14-17-8-5-12-29-17)20(27)18-15-30-21(24-18)23-16-6-3-2-4-7-16/h2-8,12,15H,9-11,13-14H2,1H3,(H,22,26)(H,23,24). The Morgan fingerprint density at radius 1 is 1.17 bits per heavy atom. The van der Waals surface area contributed by atoms with Crippen LogP contribution in [0.1, 0.15) is 22.7 Å². The van der Waals surface area contributed by atoms with Gasteiger partial charge in [0.2, 0.25) is 5.91 Å². The number of para-hydroxylation sites is 1. The lowest BCUT2D eigenvalue weighted by atomic mass is 10.3. The molecular weight excluding hydrogens is 404 g/mol. The summed E-state index contributed by atoms with van der Waals surface area (Å²) in [5.74, 6) is 0.283. The molecule has 0 saturated heterocycles. The molecule has 2 heterocycles. The Morgan fingerprint density at radius 2 is 2.00 bits per heavy atom. The van der Waals surface area contributed by atoms with Crippen molar-refractivity contribution in [2.24, 2.45) is 0 Å². The van der Waals surface area contributed by atoms with Gasteiger partial charge in [0.15, 0.2) is 5.13 Å². The number of furan rings is 1. The topological polar surface area (TPSA) is 96.7 Å². The number of methoxy groups -OCH3 is 1. The summed E-state index contributed by atoms with van der Waals surface area (Å²) in [4.78, 5) is 31.0. The van der Waals surface area contributed by atoms with Crippen molar-refractivity contribution in [1.82, 2.24) is 15.2 Å². The van der Waals surface area contributed by atoms with Crippen LogP contribution in [0.4, 0.5) is 10.8 Å². The normalized spacial score (nSPS) is 10.6. The number of benzene rings is 1. The van der Waals surface area contributed by atoms with Gasteiger partial charge in [-0.15, -0.1) is 11.3 Å². The molecule has 3 aromatic rings. The summed E-state index contributed by atoms with van der Waals surface area (Å²) in [7, 11) is 1.57. The molecule has 0 saturated carbocycles. The van der Waals surface area contributed by atoms with Crippen LogP contribution in [0.3, 0.4) is 0 Å². The summed E-state index contributed by atoms with van der Waals surface area (Å²) < 4.78 is 10.3. The minimum atomic E-state index is -0.233. The van der Waals surface area contributed by atoms with Crippen LogP contribution in [-0.2, 0) is 16.1 Å². The van der Waals surface area contributed by atoms with Gasteiger partial charge in [-0.25, -0.2) is 4.98 Å². The molecule has 2 amide bonds. The number of rotatable bonds is 11. The Balaban J connectivity index is 1.55. The maximum Gasteiger partial charge on any atom is 0.273 e. The quantitative estimate of drug-likeness (QED) is 0.487. The number of nitrogens with one attached hydrogen (secondary N) is 2. The van der Waals surface area contributed by atoms with Crippen LogP contribution in [0, 0.1) is 0 Å². The minimum Gasteiger partial charge on any atom is -0.467 e. The van der Waals surface area contributed by atoms with E-state index >= 15 is 0 Å². The largest absolute Gasteiger partial charge is 0.467 e. The highest BCUT2D eigenvalue weighted by Crippen LogP contribution is 2.21. The van der Waals surface area contributed by atoms with Gasteiger partial charge in [0.25, 0.3) is 5.91 Å². The number of carbonyl (C=O) groups is 2. The zero-order valence-corrected chi connectivity index (χ0v) is 17.5. The molecule has 0 radical (unpaired) electrons. The van der Waals surface area contributed by atoms with Gasteiger partial charge >= 0.3 is 0 Å². The van der Waals surface area contributed by atoms with Crippen molar-refractivity contribution in [1.29, 1.82) is 0 Å². The first-order valence-electron chi connectivity index (χ1n) is 9.50. The minimum absolute atomic E-state index is 0.161. The summed E-state index contributed by atoms with van der Waals surface area (Å²) in [6.45, 7) is 1.34. The average molecular weight is 429 g/mol. The number of ether oxygens (including phenoxy) is 1. The molecule has 0 bridgehead atoms. The average Bonchev–Trinajstić information content (AvgIpc) is 3.45. The highest BCUT2D eigenvalue weighted by molar-refractivity contribution is 7.14. The van der Waals surface area contributed by atoms with Crippen LogP contribution in [0.25, 0.3) is 0 Å². The zero-order valence-electron chi connectivity index (χ0n) is 16.7. The molecular formula is C21H24N4O4S. The predicted octanol–water partition coefficient (Wildman–Crippen LogP) is 3.27. The fraction of sp³-hybridized carbons (Fsp3) is 0.286. The molecule has 0 aliphatic carbocycles. The van der Waals surface area contributed by atoms with E-state index in [1.807, 2.05) is 30.3 Å². The van der Waals surface area contributed by atoms with Crippen LogP contribution >= 0.6 is 11.3 Å². The van der Waals surface area contributed by atoms with Gasteiger partial charge in [-0.3, -0.25) is 9.59 Å². The monoisotopic (exact) mass is 428 g/mol. The number of amides is 2. The summed E-state index contributed by atoms with van der Waals surface area (Å²) in [5, 5.41) is 8.31. The highest BCUT2D eigenvalue weighted by Gasteiger charge is 2.20. The van der Waals surface area contributed by atoms with E-state index in [0.717, 1.165) is 5.69 Å². The van der Waals surface area contributed by atoms with E-state index in [1.165, 1.54) is 11.3 Å². The van der Waals surface area contributed by atoms with Crippen LogP contribution in [0.15, 0.2) is 58.5 Å². The van der Waals surface area contributed by atoms with Gasteiger partial charge in [-0.1, -0.05) is 18.2 Å². The molecule has 2 aromatic heterocycles. The molecule has 30 heavy (non-hydrogen) atoms. The molecule has 8 nitrogen and oxygen atoms in total. The summed E-state index contributed by atoms with van der Waals surface area (Å²) >= 11 is 1.35. The Hall–Kier alpha value is -3.17. The third-order valence-electron chi connectivity index (χ3n) is 4.25. The third-order valence-corrected chi connectivity index (χ3v) is 5.01. The van der Waals surface area contributed by atoms with Gasteiger partial charge in [0, 0.05) is 37.7 Å². The number of aromatic nitrogens is 1. The van der Waals surface area contributed by atoms with Crippen LogP contribution in [-0.4, -0.2) is 48.5 Å². The van der Waals surface area contributed by atoms with Gasteiger partial charge in [-0.2, -0.15) is 0 Å². The first kappa shape index (κ1) is 21.5. The van der Waals surface area contributed by atoms with Crippen LogP contribution in [0.5, 0.6) is 0 Å². The molecule has 9 heteroatoms. The van der Waals surface area contributed by atoms with Crippen LogP contribution in [0.2, 0.25) is 0 Å². The molecule has 0 aliphatic rings. The SMILES string of the molecule is COCCN(CCC(=O)NCc1ccco1)C(=O)c1csc(Nc2ccccc2)n1. The fourth-order valence-electron chi connectivity index (χ4n) is 2.68. The summed E-state index contributed by atoms with van der Waals surface area (Å²) in [6, 6.07) is 13.2. The maximum atomic E-state index is 12.9. The first-order valence-corrected chi connectivity index (χ1v) is 10.4. The molecule has 2 N–H and O–H groups in total. The lowest BCUT2D eigenvalue weighted by Crippen LogP contribution is -2.37. The Labute approximate surface area is 178 Å². The van der Waals surface area contributed by atoms with Crippen molar-refractivity contribution < 1.29 is 18.7 Å². The highest BCUT2D eigenvalue weighted by atomic mass is 32.1. The summed E-state index contributed by atoms with van der Waals surface area (Å²) in [6.07, 6.45) is 1.73. The number of anilines is 2. The fourth-order valence-corrected chi connectivity index (χ4v) is 3.38. The van der Waals surface area contributed by atoms with E-state index in [-0.39, 0.29) is 24.8 Å². The Kier molecular flexibility index (Phi) is 7.99. The van der Waals surface area contributed by atoms with E-state index in [2.05, 4.69) is 15.6 Å². The molecule has 0 unspecified atom stereocenters. The van der Waals surface area contributed by atoms with Crippen molar-refractivity contribution >= 4 is 34.0 Å². The molecule has 1 aromatic carbocycles. The third kappa shape index (κ3) is 6.43. The van der Waals surface area contributed by atoms with Gasteiger partial charge in [0.05, 0.1) is 19.4 Å². The molecule has 0 atom stereocenters. The van der Waals surface area contributed by atoms with Crippen molar-refractivity contribution in [2.75, 3.05) is 32.1 Å². The number of thiazole rings is 1. The number of nitrogens with zero attached hydrogens (tertiary/aromatic N) is 2. The Morgan fingerprint density at radius 3 is 2.73 bits per heavy atom. The molecule has 0 fully saturated rings. The van der Waals surface area contributed by atoms with E-state index < -0.39 is 0 Å². The Bertz CT molecular complexity index is 928. The van der Waals surface area contributed by atoms with Crippen molar-refractivity contribution in [3.63, 3.8) is 0 Å². The second-order valence-corrected chi connectivity index (χ2v) is 7.28. The predicted molar refractivity (Wildman–Crippen MR) is 115 cm³/mol. The van der Waals surface area contributed by atoms with Gasteiger partial charge < -0.3 is 24.7 Å². The lowest BCUT2D eigenvalue weighted by molar-refractivity contribution is -0.121. The van der Waals surface area contributed by atoms with Crippen LogP contribution < -0.4 is 10.6 Å². The van der Waals surface area contributed by atoms with Gasteiger partial charge in [0.1, 0.15) is 11.5 Å². The van der Waals surface area contributed by atoms with Crippen molar-refractivity contribution in [3.05, 3.63) is 65.6 Å². The second-order valence-electron chi connectivity index (χ2n) is 6.42. The van der Waals surface area contributed by atoms with E-state index in [1.54, 1.807) is 35.8 Å². The smallest absolute Gasteiger partial charge is 0.273 e. The second kappa shape index (κ2) is 11.1. The molecule has 158 valence electrons. The maximum absolute atomic E-state index is 12.9. The van der Waals surface area contributed by atoms with Crippen molar-refractivity contribution in [3.8, 4) is 0 Å². The number of carbonyl (C=O) groups excluding carboxylic acids is 2.